The van der Waals surface area contributed by atoms with E-state index in [9.17, 15) is 8.78 Å². The zero-order valence-electron chi connectivity index (χ0n) is 15.1. The third-order valence-electron chi connectivity index (χ3n) is 4.19. The van der Waals surface area contributed by atoms with Crippen LogP contribution in [0.3, 0.4) is 0 Å². The lowest BCUT2D eigenvalue weighted by molar-refractivity contribution is 0.411. The van der Waals surface area contributed by atoms with E-state index in [0.717, 1.165) is 6.20 Å². The first-order valence-electron chi connectivity index (χ1n) is 8.40. The van der Waals surface area contributed by atoms with Gasteiger partial charge in [-0.3, -0.25) is 10.1 Å². The first-order valence-corrected chi connectivity index (χ1v) is 8.40. The highest BCUT2D eigenvalue weighted by Crippen LogP contribution is 2.34. The Kier molecular flexibility index (Phi) is 4.52. The summed E-state index contributed by atoms with van der Waals surface area (Å²) in [5, 5.41) is 7.02. The Morgan fingerprint density at radius 2 is 1.71 bits per heavy atom. The number of rotatable bonds is 4. The van der Waals surface area contributed by atoms with Crippen molar-refractivity contribution in [1.82, 2.24) is 25.1 Å². The standard InChI is InChI=1S/C20H15F2N5O/c1-11-18(28-2)16(13-7-15(22)10-23-9-13)8-17(24-11)20-25-19(26-27-20)12-3-5-14(21)6-4-12/h3-10H,1-2H3,(H,25,26,27). The second-order valence-electron chi connectivity index (χ2n) is 6.08. The number of nitrogens with zero attached hydrogens (tertiary/aromatic N) is 4. The van der Waals surface area contributed by atoms with E-state index in [1.54, 1.807) is 31.3 Å². The SMILES string of the molecule is COc1c(-c2cncc(F)c2)cc(-c2nc(-c3ccc(F)cc3)n[nH]2)nc1C. The molecule has 3 heterocycles. The van der Waals surface area contributed by atoms with E-state index >= 15 is 0 Å². The Hall–Kier alpha value is -3.68. The quantitative estimate of drug-likeness (QED) is 0.575. The molecule has 0 bridgehead atoms. The third-order valence-corrected chi connectivity index (χ3v) is 4.19. The van der Waals surface area contributed by atoms with Crippen molar-refractivity contribution in [3.8, 4) is 39.8 Å². The van der Waals surface area contributed by atoms with Crippen LogP contribution in [0, 0.1) is 18.6 Å². The van der Waals surface area contributed by atoms with E-state index < -0.39 is 5.82 Å². The summed E-state index contributed by atoms with van der Waals surface area (Å²) in [7, 11) is 1.53. The molecule has 0 amide bonds. The predicted molar refractivity (Wildman–Crippen MR) is 99.5 cm³/mol. The molecule has 1 aromatic carbocycles. The van der Waals surface area contributed by atoms with E-state index in [1.165, 1.54) is 25.3 Å². The summed E-state index contributed by atoms with van der Waals surface area (Å²) in [5.41, 5.74) is 2.99. The molecule has 28 heavy (non-hydrogen) atoms. The number of methoxy groups -OCH3 is 1. The van der Waals surface area contributed by atoms with Crippen molar-refractivity contribution in [2.75, 3.05) is 7.11 Å². The molecule has 0 aliphatic heterocycles. The van der Waals surface area contributed by atoms with Crippen LogP contribution in [0.4, 0.5) is 8.78 Å². The van der Waals surface area contributed by atoms with Crippen molar-refractivity contribution in [1.29, 1.82) is 0 Å². The van der Waals surface area contributed by atoms with Crippen LogP contribution >= 0.6 is 0 Å². The second-order valence-corrected chi connectivity index (χ2v) is 6.08. The zero-order valence-corrected chi connectivity index (χ0v) is 15.1. The van der Waals surface area contributed by atoms with E-state index in [4.69, 9.17) is 4.74 Å². The largest absolute Gasteiger partial charge is 0.494 e. The molecule has 0 radical (unpaired) electrons. The van der Waals surface area contributed by atoms with Crippen molar-refractivity contribution >= 4 is 0 Å². The number of pyridine rings is 2. The van der Waals surface area contributed by atoms with Crippen LogP contribution in [-0.4, -0.2) is 32.3 Å². The molecule has 0 atom stereocenters. The molecule has 4 aromatic rings. The van der Waals surface area contributed by atoms with Gasteiger partial charge in [0.2, 0.25) is 0 Å². The molecule has 0 saturated heterocycles. The van der Waals surface area contributed by atoms with Gasteiger partial charge in [0.15, 0.2) is 11.6 Å². The maximum absolute atomic E-state index is 13.7. The van der Waals surface area contributed by atoms with E-state index in [1.807, 2.05) is 0 Å². The second kappa shape index (κ2) is 7.15. The number of ether oxygens (including phenoxy) is 1. The molecule has 0 aliphatic rings. The van der Waals surface area contributed by atoms with Gasteiger partial charge in [-0.15, -0.1) is 0 Å². The highest BCUT2D eigenvalue weighted by Gasteiger charge is 2.17. The van der Waals surface area contributed by atoms with Gasteiger partial charge in [-0.25, -0.2) is 18.7 Å². The molecule has 0 spiro atoms. The minimum atomic E-state index is -0.450. The summed E-state index contributed by atoms with van der Waals surface area (Å²) in [6.07, 6.45) is 2.69. The lowest BCUT2D eigenvalue weighted by Crippen LogP contribution is -1.98. The van der Waals surface area contributed by atoms with Crippen LogP contribution in [0.1, 0.15) is 5.69 Å². The molecular formula is C20H15F2N5O. The van der Waals surface area contributed by atoms with Crippen LogP contribution < -0.4 is 4.74 Å². The lowest BCUT2D eigenvalue weighted by atomic mass is 10.0. The fourth-order valence-corrected chi connectivity index (χ4v) is 2.92. The smallest absolute Gasteiger partial charge is 0.181 e. The molecule has 3 aromatic heterocycles. The van der Waals surface area contributed by atoms with Crippen molar-refractivity contribution in [2.45, 2.75) is 6.92 Å². The number of hydrogen-bond acceptors (Lipinski definition) is 5. The molecule has 1 N–H and O–H groups in total. The monoisotopic (exact) mass is 379 g/mol. The van der Waals surface area contributed by atoms with E-state index in [-0.39, 0.29) is 5.82 Å². The number of halogens is 2. The van der Waals surface area contributed by atoms with Crippen LogP contribution in [0.15, 0.2) is 48.8 Å². The molecule has 8 heteroatoms. The first-order chi connectivity index (χ1) is 13.5. The number of H-pyrrole nitrogens is 1. The van der Waals surface area contributed by atoms with E-state index in [2.05, 4.69) is 25.1 Å². The van der Waals surface area contributed by atoms with Gasteiger partial charge in [0.1, 0.15) is 23.1 Å². The third kappa shape index (κ3) is 3.32. The van der Waals surface area contributed by atoms with Crippen LogP contribution in [0.2, 0.25) is 0 Å². The summed E-state index contributed by atoms with van der Waals surface area (Å²) < 4.78 is 32.2. The van der Waals surface area contributed by atoms with Crippen molar-refractivity contribution in [2.24, 2.45) is 0 Å². The van der Waals surface area contributed by atoms with Crippen molar-refractivity contribution in [3.63, 3.8) is 0 Å². The Balaban J connectivity index is 1.80. The number of hydrogen-bond donors (Lipinski definition) is 1. The maximum Gasteiger partial charge on any atom is 0.181 e. The number of aromatic nitrogens is 5. The Labute approximate surface area is 159 Å². The Morgan fingerprint density at radius 3 is 2.43 bits per heavy atom. The maximum atomic E-state index is 13.7. The fraction of sp³-hybridized carbons (Fsp3) is 0.100. The molecular weight excluding hydrogens is 364 g/mol. The lowest BCUT2D eigenvalue weighted by Gasteiger charge is -2.12. The molecule has 0 fully saturated rings. The minimum Gasteiger partial charge on any atom is -0.494 e. The summed E-state index contributed by atoms with van der Waals surface area (Å²) in [4.78, 5) is 12.9. The summed E-state index contributed by atoms with van der Waals surface area (Å²) in [5.74, 6) is 0.582. The first kappa shape index (κ1) is 17.7. The Bertz CT molecular complexity index is 1140. The average molecular weight is 379 g/mol. The summed E-state index contributed by atoms with van der Waals surface area (Å²) >= 11 is 0. The topological polar surface area (TPSA) is 76.6 Å². The minimum absolute atomic E-state index is 0.333. The zero-order chi connectivity index (χ0) is 19.7. The summed E-state index contributed by atoms with van der Waals surface area (Å²) in [6, 6.07) is 8.99. The van der Waals surface area contributed by atoms with Gasteiger partial charge < -0.3 is 4.74 Å². The van der Waals surface area contributed by atoms with E-state index in [0.29, 0.717) is 45.5 Å². The summed E-state index contributed by atoms with van der Waals surface area (Å²) in [6.45, 7) is 1.79. The molecule has 0 saturated carbocycles. The van der Waals surface area contributed by atoms with Crippen LogP contribution in [-0.2, 0) is 0 Å². The van der Waals surface area contributed by atoms with Gasteiger partial charge in [0.25, 0.3) is 0 Å². The number of nitrogens with one attached hydrogen (secondary N) is 1. The van der Waals surface area contributed by atoms with Gasteiger partial charge in [-0.1, -0.05) is 0 Å². The highest BCUT2D eigenvalue weighted by molar-refractivity contribution is 5.75. The molecule has 4 rings (SSSR count). The van der Waals surface area contributed by atoms with Crippen molar-refractivity contribution in [3.05, 3.63) is 66.1 Å². The Morgan fingerprint density at radius 1 is 0.929 bits per heavy atom. The average Bonchev–Trinajstić information content (AvgIpc) is 3.18. The van der Waals surface area contributed by atoms with Crippen LogP contribution in [0.25, 0.3) is 34.0 Å². The molecule has 0 unspecified atom stereocenters. The number of aromatic amines is 1. The predicted octanol–water partition coefficient (Wildman–Crippen LogP) is 4.19. The molecule has 6 nitrogen and oxygen atoms in total. The van der Waals surface area contributed by atoms with Gasteiger partial charge in [-0.2, -0.15) is 5.10 Å². The van der Waals surface area contributed by atoms with Crippen LogP contribution in [0.5, 0.6) is 5.75 Å². The van der Waals surface area contributed by atoms with Gasteiger partial charge in [0, 0.05) is 22.9 Å². The highest BCUT2D eigenvalue weighted by atomic mass is 19.1. The molecule has 0 aliphatic carbocycles. The van der Waals surface area contributed by atoms with Gasteiger partial charge in [-0.05, 0) is 43.3 Å². The normalized spacial score (nSPS) is 10.9. The fourth-order valence-electron chi connectivity index (χ4n) is 2.92. The van der Waals surface area contributed by atoms with Gasteiger partial charge >= 0.3 is 0 Å². The van der Waals surface area contributed by atoms with Gasteiger partial charge in [0.05, 0.1) is 19.0 Å². The number of aryl methyl sites for hydroxylation is 1. The number of benzene rings is 1. The van der Waals surface area contributed by atoms with Crippen molar-refractivity contribution < 1.29 is 13.5 Å². The molecule has 140 valence electrons.